The first-order chi connectivity index (χ1) is 10.4. The summed E-state index contributed by atoms with van der Waals surface area (Å²) in [5.41, 5.74) is 0.114. The molecular formula is C15H22N4O3. The monoisotopic (exact) mass is 306 g/mol. The van der Waals surface area contributed by atoms with Gasteiger partial charge in [0.15, 0.2) is 0 Å². The smallest absolute Gasteiger partial charge is 0.322 e. The Morgan fingerprint density at radius 1 is 1.45 bits per heavy atom. The highest BCUT2D eigenvalue weighted by atomic mass is 16.6. The predicted octanol–water partition coefficient (Wildman–Crippen LogP) is 2.19. The van der Waals surface area contributed by atoms with E-state index < -0.39 is 10.8 Å². The van der Waals surface area contributed by atoms with E-state index >= 15 is 0 Å². The minimum Gasteiger partial charge on any atom is -0.348 e. The number of nitrogens with one attached hydrogen (secondary N) is 1. The maximum atomic E-state index is 12.5. The summed E-state index contributed by atoms with van der Waals surface area (Å²) in [6, 6.07) is 0.0395. The Bertz CT molecular complexity index is 625. The molecule has 22 heavy (non-hydrogen) atoms. The van der Waals surface area contributed by atoms with Crippen molar-refractivity contribution >= 4 is 11.6 Å². The number of nitrogens with zero attached hydrogens (tertiary/aromatic N) is 3. The van der Waals surface area contributed by atoms with Crippen molar-refractivity contribution in [3.63, 3.8) is 0 Å². The van der Waals surface area contributed by atoms with Gasteiger partial charge < -0.3 is 5.32 Å². The summed E-state index contributed by atoms with van der Waals surface area (Å²) in [7, 11) is 1.57. The summed E-state index contributed by atoms with van der Waals surface area (Å²) in [5, 5.41) is 18.2. The molecule has 1 aromatic heterocycles. The first-order valence-corrected chi connectivity index (χ1v) is 7.87. The van der Waals surface area contributed by atoms with E-state index in [1.165, 1.54) is 30.4 Å². The summed E-state index contributed by atoms with van der Waals surface area (Å²) in [4.78, 5) is 23.2. The standard InChI is InChI=1S/C15H22N4O3/c1-8(12-7-10-4-5-11(12)6-10)16-15(20)14-13(19(21)22)9(2)17-18(14)3/h8,10-12H,4-7H2,1-3H3,(H,16,20)/t8-,10-,11-,12-/m1/s1. The molecule has 1 N–H and O–H groups in total. The van der Waals surface area contributed by atoms with Crippen LogP contribution in [0.5, 0.6) is 0 Å². The normalized spacial score (nSPS) is 27.9. The molecule has 2 aliphatic rings. The van der Waals surface area contributed by atoms with Gasteiger partial charge in [-0.25, -0.2) is 0 Å². The fraction of sp³-hybridized carbons (Fsp3) is 0.733. The first kappa shape index (κ1) is 15.0. The number of carbonyl (C=O) groups is 1. The SMILES string of the molecule is Cc1nn(C)c(C(=O)N[C@H](C)[C@H]2C[C@@H]3CC[C@@H]2C3)c1[N+](=O)[O-]. The van der Waals surface area contributed by atoms with Crippen molar-refractivity contribution in [2.24, 2.45) is 24.8 Å². The van der Waals surface area contributed by atoms with Gasteiger partial charge in [-0.05, 0) is 50.9 Å². The Kier molecular flexibility index (Phi) is 3.66. The lowest BCUT2D eigenvalue weighted by Gasteiger charge is -2.28. The quantitative estimate of drug-likeness (QED) is 0.682. The molecule has 0 unspecified atom stereocenters. The number of carbonyl (C=O) groups excluding carboxylic acids is 1. The van der Waals surface area contributed by atoms with E-state index in [4.69, 9.17) is 0 Å². The molecule has 7 nitrogen and oxygen atoms in total. The molecule has 2 bridgehead atoms. The number of aryl methyl sites for hydroxylation is 2. The average molecular weight is 306 g/mol. The van der Waals surface area contributed by atoms with Crippen molar-refractivity contribution in [3.05, 3.63) is 21.5 Å². The molecule has 120 valence electrons. The number of nitro groups is 1. The van der Waals surface area contributed by atoms with Crippen LogP contribution in [-0.4, -0.2) is 26.7 Å². The molecule has 0 radical (unpaired) electrons. The molecule has 2 saturated carbocycles. The highest BCUT2D eigenvalue weighted by Crippen LogP contribution is 2.49. The van der Waals surface area contributed by atoms with Crippen LogP contribution in [0.4, 0.5) is 5.69 Å². The fourth-order valence-corrected chi connectivity index (χ4v) is 4.41. The molecule has 7 heteroatoms. The van der Waals surface area contributed by atoms with Gasteiger partial charge in [-0.15, -0.1) is 0 Å². The van der Waals surface area contributed by atoms with Crippen molar-refractivity contribution in [1.29, 1.82) is 0 Å². The van der Waals surface area contributed by atoms with Crippen LogP contribution >= 0.6 is 0 Å². The average Bonchev–Trinajstić information content (AvgIpc) is 3.11. The number of hydrogen-bond donors (Lipinski definition) is 1. The Morgan fingerprint density at radius 3 is 2.73 bits per heavy atom. The first-order valence-electron chi connectivity index (χ1n) is 7.87. The zero-order chi connectivity index (χ0) is 16.0. The van der Waals surface area contributed by atoms with E-state index in [-0.39, 0.29) is 23.1 Å². The second-order valence-corrected chi connectivity index (χ2v) is 6.76. The Hall–Kier alpha value is -1.92. The lowest BCUT2D eigenvalue weighted by molar-refractivity contribution is -0.385. The third-order valence-corrected chi connectivity index (χ3v) is 5.38. The van der Waals surface area contributed by atoms with Gasteiger partial charge in [0.1, 0.15) is 5.69 Å². The third-order valence-electron chi connectivity index (χ3n) is 5.38. The van der Waals surface area contributed by atoms with Gasteiger partial charge in [0.05, 0.1) is 4.92 Å². The minimum atomic E-state index is -0.528. The Balaban J connectivity index is 1.76. The lowest BCUT2D eigenvalue weighted by Crippen LogP contribution is -2.41. The van der Waals surface area contributed by atoms with Gasteiger partial charge >= 0.3 is 5.69 Å². The molecule has 0 aliphatic heterocycles. The zero-order valence-electron chi connectivity index (χ0n) is 13.2. The summed E-state index contributed by atoms with van der Waals surface area (Å²) >= 11 is 0. The summed E-state index contributed by atoms with van der Waals surface area (Å²) in [6.07, 6.45) is 5.00. The maximum Gasteiger partial charge on any atom is 0.322 e. The largest absolute Gasteiger partial charge is 0.348 e. The maximum absolute atomic E-state index is 12.5. The molecular weight excluding hydrogens is 284 g/mol. The molecule has 1 amide bonds. The van der Waals surface area contributed by atoms with E-state index in [1.54, 1.807) is 14.0 Å². The molecule has 0 saturated heterocycles. The van der Waals surface area contributed by atoms with E-state index in [0.29, 0.717) is 11.8 Å². The Morgan fingerprint density at radius 2 is 2.18 bits per heavy atom. The van der Waals surface area contributed by atoms with E-state index in [9.17, 15) is 14.9 Å². The van der Waals surface area contributed by atoms with Crippen molar-refractivity contribution in [1.82, 2.24) is 15.1 Å². The lowest BCUT2D eigenvalue weighted by atomic mass is 9.84. The second-order valence-electron chi connectivity index (χ2n) is 6.76. The van der Waals surface area contributed by atoms with Crippen LogP contribution in [0.25, 0.3) is 0 Å². The van der Waals surface area contributed by atoms with Gasteiger partial charge in [-0.2, -0.15) is 5.10 Å². The topological polar surface area (TPSA) is 90.1 Å². The number of rotatable bonds is 4. The van der Waals surface area contributed by atoms with Gasteiger partial charge in [0, 0.05) is 13.1 Å². The highest BCUT2D eigenvalue weighted by Gasteiger charge is 2.42. The van der Waals surface area contributed by atoms with Gasteiger partial charge in [0.25, 0.3) is 5.91 Å². The van der Waals surface area contributed by atoms with Crippen molar-refractivity contribution < 1.29 is 9.72 Å². The van der Waals surface area contributed by atoms with Crippen LogP contribution in [0.3, 0.4) is 0 Å². The molecule has 2 fully saturated rings. The van der Waals surface area contributed by atoms with E-state index in [1.807, 2.05) is 6.92 Å². The number of hydrogen-bond acceptors (Lipinski definition) is 4. The number of fused-ring (bicyclic) bond motifs is 2. The summed E-state index contributed by atoms with van der Waals surface area (Å²) < 4.78 is 1.30. The van der Waals surface area contributed by atoms with Crippen molar-refractivity contribution in [3.8, 4) is 0 Å². The van der Waals surface area contributed by atoms with Gasteiger partial charge in [-0.1, -0.05) is 6.42 Å². The highest BCUT2D eigenvalue weighted by molar-refractivity contribution is 5.97. The second kappa shape index (κ2) is 5.37. The van der Waals surface area contributed by atoms with Gasteiger partial charge in [-0.3, -0.25) is 19.6 Å². The fourth-order valence-electron chi connectivity index (χ4n) is 4.41. The minimum absolute atomic E-state index is 0.0394. The van der Waals surface area contributed by atoms with Crippen LogP contribution < -0.4 is 5.32 Å². The number of amides is 1. The molecule has 1 heterocycles. The molecule has 3 rings (SSSR count). The van der Waals surface area contributed by atoms with E-state index in [2.05, 4.69) is 10.4 Å². The summed E-state index contributed by atoms with van der Waals surface area (Å²) in [6.45, 7) is 3.56. The van der Waals surface area contributed by atoms with Crippen LogP contribution in [0.15, 0.2) is 0 Å². The van der Waals surface area contributed by atoms with Crippen LogP contribution in [-0.2, 0) is 7.05 Å². The molecule has 1 aromatic rings. The zero-order valence-corrected chi connectivity index (χ0v) is 13.2. The van der Waals surface area contributed by atoms with Crippen molar-refractivity contribution in [2.75, 3.05) is 0 Å². The summed E-state index contributed by atoms with van der Waals surface area (Å²) in [5.74, 6) is 1.60. The third kappa shape index (κ3) is 2.38. The molecule has 0 aromatic carbocycles. The molecule has 4 atom stereocenters. The van der Waals surface area contributed by atoms with Crippen LogP contribution in [0.2, 0.25) is 0 Å². The number of aromatic nitrogens is 2. The predicted molar refractivity (Wildman–Crippen MR) is 80.5 cm³/mol. The Labute approximate surface area is 129 Å². The van der Waals surface area contributed by atoms with Crippen molar-refractivity contribution in [2.45, 2.75) is 45.6 Å². The van der Waals surface area contributed by atoms with Gasteiger partial charge in [0.2, 0.25) is 5.69 Å². The van der Waals surface area contributed by atoms with Crippen LogP contribution in [0, 0.1) is 34.8 Å². The van der Waals surface area contributed by atoms with E-state index in [0.717, 1.165) is 5.92 Å². The molecule has 2 aliphatic carbocycles. The van der Waals surface area contributed by atoms with Crippen LogP contribution in [0.1, 0.15) is 48.8 Å². The molecule has 0 spiro atoms.